The Morgan fingerprint density at radius 3 is 2.45 bits per heavy atom. The fraction of sp³-hybridized carbons (Fsp3) is 0.552. The van der Waals surface area contributed by atoms with E-state index in [4.69, 9.17) is 13.9 Å². The highest BCUT2D eigenvalue weighted by Crippen LogP contribution is 2.66. The Hall–Kier alpha value is -2.78. The number of amides is 1. The summed E-state index contributed by atoms with van der Waals surface area (Å²) < 4.78 is 17.3. The number of rotatable bonds is 7. The summed E-state index contributed by atoms with van der Waals surface area (Å²) in [6, 6.07) is 9.50. The summed E-state index contributed by atoms with van der Waals surface area (Å²) in [5, 5.41) is 0. The minimum atomic E-state index is -1.08. The molecule has 0 N–H and O–H groups in total. The summed E-state index contributed by atoms with van der Waals surface area (Å²) in [6.45, 7) is 9.22. The van der Waals surface area contributed by atoms with Gasteiger partial charge < -0.3 is 18.8 Å². The monoisotopic (exact) mass is 540 g/mol. The third kappa shape index (κ3) is 4.43. The molecule has 8 nitrogen and oxygen atoms in total. The predicted molar refractivity (Wildman–Crippen MR) is 144 cm³/mol. The standard InChI is InChI=1S/C29H36N2O6S/c1-27(2)28(3)10-11-29(27,37-26(28)34)25(33)31-13-5-12-30(14-15-31)17-21-16-23(32)24(19-35-21)36-18-20-6-8-22(38-4)9-7-20/h6-9,16,19H,5,10-15,17-18H2,1-4H3/t28-,29?/m0/s1. The molecule has 3 aliphatic rings. The molecule has 2 aromatic rings. The zero-order valence-electron chi connectivity index (χ0n) is 22.6. The van der Waals surface area contributed by atoms with Crippen LogP contribution in [0.3, 0.4) is 0 Å². The topological polar surface area (TPSA) is 89.3 Å². The van der Waals surface area contributed by atoms with E-state index in [1.807, 2.05) is 56.2 Å². The summed E-state index contributed by atoms with van der Waals surface area (Å²) in [6.07, 6.45) is 5.44. The maximum Gasteiger partial charge on any atom is 0.313 e. The van der Waals surface area contributed by atoms with E-state index in [0.717, 1.165) is 18.5 Å². The number of carbonyl (C=O) groups is 2. The second-order valence-corrected chi connectivity index (χ2v) is 12.2. The van der Waals surface area contributed by atoms with Crippen LogP contribution in [-0.4, -0.2) is 59.7 Å². The van der Waals surface area contributed by atoms with Crippen LogP contribution in [0.1, 0.15) is 51.4 Å². The molecule has 3 heterocycles. The molecule has 1 aromatic carbocycles. The molecular weight excluding hydrogens is 504 g/mol. The second-order valence-electron chi connectivity index (χ2n) is 11.3. The van der Waals surface area contributed by atoms with E-state index in [0.29, 0.717) is 51.4 Å². The minimum Gasteiger partial charge on any atom is -0.482 e. The molecule has 0 radical (unpaired) electrons. The highest BCUT2D eigenvalue weighted by atomic mass is 32.2. The average molecular weight is 541 g/mol. The van der Waals surface area contributed by atoms with Crippen LogP contribution in [-0.2, 0) is 27.5 Å². The summed E-state index contributed by atoms with van der Waals surface area (Å²) in [5.74, 6) is 0.416. The van der Waals surface area contributed by atoms with Crippen molar-refractivity contribution in [3.8, 4) is 5.75 Å². The van der Waals surface area contributed by atoms with Crippen LogP contribution in [0.25, 0.3) is 0 Å². The SMILES string of the molecule is CSc1ccc(COc2coc(CN3CCCN(C(=O)C45CC[C@@](C)(C(=O)O4)C5(C)C)CC3)cc2=O)cc1. The van der Waals surface area contributed by atoms with Crippen LogP contribution in [0.2, 0.25) is 0 Å². The molecule has 1 aliphatic carbocycles. The molecule has 2 bridgehead atoms. The van der Waals surface area contributed by atoms with Gasteiger partial charge in [-0.15, -0.1) is 11.8 Å². The van der Waals surface area contributed by atoms with Gasteiger partial charge in [0.1, 0.15) is 18.6 Å². The zero-order valence-corrected chi connectivity index (χ0v) is 23.4. The third-order valence-electron chi connectivity index (χ3n) is 9.09. The Kier molecular flexibility index (Phi) is 7.11. The smallest absolute Gasteiger partial charge is 0.313 e. The van der Waals surface area contributed by atoms with E-state index < -0.39 is 16.4 Å². The zero-order chi connectivity index (χ0) is 27.1. The van der Waals surface area contributed by atoms with Gasteiger partial charge in [-0.3, -0.25) is 19.3 Å². The molecule has 0 spiro atoms. The lowest BCUT2D eigenvalue weighted by molar-refractivity contribution is -0.174. The van der Waals surface area contributed by atoms with Crippen molar-refractivity contribution in [1.82, 2.24) is 9.80 Å². The van der Waals surface area contributed by atoms with Crippen molar-refractivity contribution in [1.29, 1.82) is 0 Å². The molecule has 5 rings (SSSR count). The lowest BCUT2D eigenvalue weighted by atomic mass is 9.66. The van der Waals surface area contributed by atoms with Gasteiger partial charge in [0.2, 0.25) is 11.2 Å². The van der Waals surface area contributed by atoms with Gasteiger partial charge >= 0.3 is 5.97 Å². The van der Waals surface area contributed by atoms with Crippen molar-refractivity contribution < 1.29 is 23.5 Å². The first-order valence-electron chi connectivity index (χ1n) is 13.2. The highest BCUT2D eigenvalue weighted by molar-refractivity contribution is 7.98. The number of hydrogen-bond donors (Lipinski definition) is 0. The molecule has 1 amide bonds. The van der Waals surface area contributed by atoms with Gasteiger partial charge in [-0.05, 0) is 50.1 Å². The van der Waals surface area contributed by atoms with Crippen LogP contribution >= 0.6 is 11.8 Å². The fourth-order valence-electron chi connectivity index (χ4n) is 6.04. The molecule has 38 heavy (non-hydrogen) atoms. The average Bonchev–Trinajstić information content (AvgIpc) is 3.08. The van der Waals surface area contributed by atoms with Crippen molar-refractivity contribution in [2.75, 3.05) is 32.4 Å². The van der Waals surface area contributed by atoms with Crippen molar-refractivity contribution in [3.63, 3.8) is 0 Å². The van der Waals surface area contributed by atoms with Crippen molar-refractivity contribution in [2.45, 2.75) is 63.7 Å². The minimum absolute atomic E-state index is 0.0740. The Balaban J connectivity index is 1.18. The van der Waals surface area contributed by atoms with Gasteiger partial charge in [0.05, 0.1) is 12.0 Å². The molecular formula is C29H36N2O6S. The molecule has 9 heteroatoms. The fourth-order valence-corrected chi connectivity index (χ4v) is 6.45. The maximum absolute atomic E-state index is 13.7. The van der Waals surface area contributed by atoms with Crippen LogP contribution < -0.4 is 10.2 Å². The number of nitrogens with zero attached hydrogens (tertiary/aromatic N) is 2. The van der Waals surface area contributed by atoms with Crippen molar-refractivity contribution >= 4 is 23.6 Å². The van der Waals surface area contributed by atoms with Crippen LogP contribution in [0.4, 0.5) is 0 Å². The van der Waals surface area contributed by atoms with E-state index in [2.05, 4.69) is 4.90 Å². The number of benzene rings is 1. The molecule has 2 atom stereocenters. The lowest BCUT2D eigenvalue weighted by Crippen LogP contribution is -2.55. The van der Waals surface area contributed by atoms with Crippen molar-refractivity contribution in [2.24, 2.45) is 10.8 Å². The highest BCUT2D eigenvalue weighted by Gasteiger charge is 2.76. The number of esters is 1. The van der Waals surface area contributed by atoms with Gasteiger partial charge in [0.25, 0.3) is 5.91 Å². The Labute approximate surface area is 227 Å². The summed E-state index contributed by atoms with van der Waals surface area (Å²) in [5.41, 5.74) is -1.48. The first kappa shape index (κ1) is 26.8. The number of thioether (sulfide) groups is 1. The summed E-state index contributed by atoms with van der Waals surface area (Å²) >= 11 is 1.67. The quantitative estimate of drug-likeness (QED) is 0.383. The Morgan fingerprint density at radius 2 is 1.82 bits per heavy atom. The third-order valence-corrected chi connectivity index (χ3v) is 9.83. The van der Waals surface area contributed by atoms with Gasteiger partial charge in [-0.1, -0.05) is 26.0 Å². The number of ether oxygens (including phenoxy) is 2. The van der Waals surface area contributed by atoms with E-state index in [9.17, 15) is 14.4 Å². The molecule has 2 aliphatic heterocycles. The molecule has 204 valence electrons. The van der Waals surface area contributed by atoms with Crippen LogP contribution in [0.15, 0.2) is 50.7 Å². The van der Waals surface area contributed by atoms with E-state index in [1.54, 1.807) is 11.8 Å². The first-order chi connectivity index (χ1) is 18.1. The molecule has 1 unspecified atom stereocenters. The van der Waals surface area contributed by atoms with Crippen LogP contribution in [0, 0.1) is 10.8 Å². The Morgan fingerprint density at radius 1 is 1.05 bits per heavy atom. The van der Waals surface area contributed by atoms with Gasteiger partial charge in [-0.2, -0.15) is 0 Å². The summed E-state index contributed by atoms with van der Waals surface area (Å²) in [4.78, 5) is 44.2. The number of carbonyl (C=O) groups excluding carboxylic acids is 2. The number of fused-ring (bicyclic) bond motifs is 2. The van der Waals surface area contributed by atoms with Crippen LogP contribution in [0.5, 0.6) is 5.75 Å². The van der Waals surface area contributed by atoms with E-state index in [-0.39, 0.29) is 23.1 Å². The van der Waals surface area contributed by atoms with Gasteiger partial charge in [0, 0.05) is 42.6 Å². The largest absolute Gasteiger partial charge is 0.482 e. The Bertz CT molecular complexity index is 1270. The maximum atomic E-state index is 13.7. The lowest BCUT2D eigenvalue weighted by Gasteiger charge is -2.38. The second kappa shape index (κ2) is 10.1. The molecule has 3 fully saturated rings. The van der Waals surface area contributed by atoms with E-state index in [1.165, 1.54) is 17.2 Å². The molecule has 2 saturated heterocycles. The molecule has 1 saturated carbocycles. The van der Waals surface area contributed by atoms with E-state index >= 15 is 0 Å². The normalized spacial score (nSPS) is 26.7. The summed E-state index contributed by atoms with van der Waals surface area (Å²) in [7, 11) is 0. The van der Waals surface area contributed by atoms with Gasteiger partial charge in [0.15, 0.2) is 5.60 Å². The van der Waals surface area contributed by atoms with Crippen molar-refractivity contribution in [3.05, 3.63) is 58.1 Å². The number of hydrogen-bond acceptors (Lipinski definition) is 8. The first-order valence-corrected chi connectivity index (χ1v) is 14.4. The molecule has 1 aromatic heterocycles. The predicted octanol–water partition coefficient (Wildman–Crippen LogP) is 4.10. The van der Waals surface area contributed by atoms with Gasteiger partial charge in [-0.25, -0.2) is 0 Å².